The molecule has 0 saturated carbocycles. The summed E-state index contributed by atoms with van der Waals surface area (Å²) in [5, 5.41) is 0.761. The molecule has 0 saturated heterocycles. The molecule has 1 aromatic rings. The van der Waals surface area contributed by atoms with E-state index >= 15 is 0 Å². The molecule has 0 heterocycles. The number of rotatable bonds is 0. The minimum atomic E-state index is 0.761. The van der Waals surface area contributed by atoms with Crippen molar-refractivity contribution < 1.29 is 0 Å². The van der Waals surface area contributed by atoms with Crippen LogP contribution >= 0.6 is 11.6 Å². The zero-order valence-corrected chi connectivity index (χ0v) is 5.15. The maximum absolute atomic E-state index is 5.58. The van der Waals surface area contributed by atoms with Gasteiger partial charge >= 0.3 is 0 Å². The van der Waals surface area contributed by atoms with E-state index in [9.17, 15) is 0 Å². The van der Waals surface area contributed by atoms with Crippen LogP contribution in [-0.2, 0) is 0 Å². The Morgan fingerprint density at radius 2 is 1.62 bits per heavy atom. The molecule has 0 aliphatic carbocycles. The van der Waals surface area contributed by atoms with Crippen molar-refractivity contribution in [3.05, 3.63) is 41.8 Å². The predicted octanol–water partition coefficient (Wildman–Crippen LogP) is 2.52. The molecule has 0 amide bonds. The van der Waals surface area contributed by atoms with Crippen LogP contribution in [0.4, 0.5) is 0 Å². The van der Waals surface area contributed by atoms with Crippen LogP contribution in [0.15, 0.2) is 24.3 Å². The molecular weight excluding hydrogens is 120 g/mol. The van der Waals surface area contributed by atoms with Crippen LogP contribution in [-0.4, -0.2) is 0 Å². The van der Waals surface area contributed by atoms with Gasteiger partial charge in [-0.3, -0.25) is 0 Å². The third-order valence-electron chi connectivity index (χ3n) is 0.913. The largest absolute Gasteiger partial charge is 0.0843 e. The van der Waals surface area contributed by atoms with E-state index in [0.717, 1.165) is 10.6 Å². The molecule has 41 valence electrons. The van der Waals surface area contributed by atoms with Crippen molar-refractivity contribution in [2.75, 3.05) is 0 Å². The minimum Gasteiger partial charge on any atom is -0.0843 e. The van der Waals surface area contributed by atoms with Crippen molar-refractivity contribution >= 4 is 11.6 Å². The topological polar surface area (TPSA) is 0 Å². The Hall–Kier alpha value is -0.490. The van der Waals surface area contributed by atoms with Gasteiger partial charge in [-0.25, -0.2) is 0 Å². The van der Waals surface area contributed by atoms with Crippen LogP contribution in [0.5, 0.6) is 0 Å². The Morgan fingerprint density at radius 3 is 2.00 bits per heavy atom. The van der Waals surface area contributed by atoms with Crippen LogP contribution in [0.25, 0.3) is 0 Å². The highest BCUT2D eigenvalue weighted by Gasteiger charge is 1.82. The zero-order valence-electron chi connectivity index (χ0n) is 4.39. The monoisotopic (exact) mass is 125 g/mol. The average Bonchev–Trinajstić information content (AvgIpc) is 1.77. The summed E-state index contributed by atoms with van der Waals surface area (Å²) in [5.41, 5.74) is 0.995. The lowest BCUT2D eigenvalue weighted by Crippen LogP contribution is -1.66. The highest BCUT2D eigenvalue weighted by Crippen LogP contribution is 2.07. The summed E-state index contributed by atoms with van der Waals surface area (Å²) in [7, 11) is 0. The summed E-state index contributed by atoms with van der Waals surface area (Å²) in [5.74, 6) is 0. The van der Waals surface area contributed by atoms with Crippen molar-refractivity contribution in [3.8, 4) is 0 Å². The minimum absolute atomic E-state index is 0.761. The molecule has 0 spiro atoms. The SMILES string of the molecule is [CH2]c1ccc(Cl)cc1. The second-order valence-electron chi connectivity index (χ2n) is 1.63. The summed E-state index contributed by atoms with van der Waals surface area (Å²) in [4.78, 5) is 0. The third kappa shape index (κ3) is 1.24. The molecule has 0 fully saturated rings. The number of hydrogen-bond donors (Lipinski definition) is 0. The van der Waals surface area contributed by atoms with E-state index < -0.39 is 0 Å². The second-order valence-corrected chi connectivity index (χ2v) is 2.06. The molecule has 0 aromatic heterocycles. The molecular formula is C7H6Cl. The van der Waals surface area contributed by atoms with E-state index in [1.165, 1.54) is 0 Å². The average molecular weight is 126 g/mol. The quantitative estimate of drug-likeness (QED) is 0.500. The van der Waals surface area contributed by atoms with Crippen molar-refractivity contribution in [2.24, 2.45) is 0 Å². The Balaban J connectivity index is 3.03. The standard InChI is InChI=1S/C7H6Cl/c1-6-2-4-7(8)5-3-6/h2-5H,1H2. The fraction of sp³-hybridized carbons (Fsp3) is 0. The van der Waals surface area contributed by atoms with Crippen LogP contribution < -0.4 is 0 Å². The van der Waals surface area contributed by atoms with Crippen molar-refractivity contribution in [3.63, 3.8) is 0 Å². The Kier molecular flexibility index (Phi) is 1.54. The number of halogens is 1. The second kappa shape index (κ2) is 2.19. The molecule has 0 N–H and O–H groups in total. The lowest BCUT2D eigenvalue weighted by atomic mass is 10.2. The maximum Gasteiger partial charge on any atom is 0.0406 e. The normalized spacial score (nSPS) is 9.25. The lowest BCUT2D eigenvalue weighted by Gasteiger charge is -1.87. The van der Waals surface area contributed by atoms with Crippen molar-refractivity contribution in [1.29, 1.82) is 0 Å². The van der Waals surface area contributed by atoms with Gasteiger partial charge in [-0.05, 0) is 24.6 Å². The van der Waals surface area contributed by atoms with E-state index in [-0.39, 0.29) is 0 Å². The fourth-order valence-electron chi connectivity index (χ4n) is 0.484. The molecule has 0 aliphatic rings. The Bertz CT molecular complexity index is 143. The highest BCUT2D eigenvalue weighted by atomic mass is 35.5. The predicted molar refractivity (Wildman–Crippen MR) is 35.9 cm³/mol. The van der Waals surface area contributed by atoms with Crippen molar-refractivity contribution in [2.45, 2.75) is 0 Å². The summed E-state index contributed by atoms with van der Waals surface area (Å²) in [6.07, 6.45) is 0. The van der Waals surface area contributed by atoms with Crippen LogP contribution in [0, 0.1) is 6.92 Å². The van der Waals surface area contributed by atoms with Gasteiger partial charge in [0.15, 0.2) is 0 Å². The van der Waals surface area contributed by atoms with E-state index in [4.69, 9.17) is 11.6 Å². The van der Waals surface area contributed by atoms with E-state index in [1.54, 1.807) is 0 Å². The summed E-state index contributed by atoms with van der Waals surface area (Å²) >= 11 is 5.58. The van der Waals surface area contributed by atoms with Crippen LogP contribution in [0.2, 0.25) is 5.02 Å². The third-order valence-corrected chi connectivity index (χ3v) is 1.17. The Labute approximate surface area is 54.1 Å². The van der Waals surface area contributed by atoms with Gasteiger partial charge in [-0.15, -0.1) is 0 Å². The summed E-state index contributed by atoms with van der Waals surface area (Å²) in [6.45, 7) is 3.70. The van der Waals surface area contributed by atoms with Gasteiger partial charge in [-0.1, -0.05) is 23.7 Å². The van der Waals surface area contributed by atoms with Crippen LogP contribution in [0.1, 0.15) is 5.56 Å². The molecule has 0 atom stereocenters. The summed E-state index contributed by atoms with van der Waals surface area (Å²) in [6, 6.07) is 7.40. The first kappa shape index (κ1) is 5.64. The molecule has 1 rings (SSSR count). The highest BCUT2D eigenvalue weighted by molar-refractivity contribution is 6.30. The van der Waals surface area contributed by atoms with E-state index in [2.05, 4.69) is 6.92 Å². The van der Waals surface area contributed by atoms with Gasteiger partial charge in [0.05, 0.1) is 0 Å². The zero-order chi connectivity index (χ0) is 5.98. The first-order valence-electron chi connectivity index (χ1n) is 2.36. The molecule has 1 radical (unpaired) electrons. The molecule has 0 unspecified atom stereocenters. The molecule has 0 nitrogen and oxygen atoms in total. The van der Waals surface area contributed by atoms with Gasteiger partial charge in [-0.2, -0.15) is 0 Å². The van der Waals surface area contributed by atoms with Crippen LogP contribution in [0.3, 0.4) is 0 Å². The molecule has 8 heavy (non-hydrogen) atoms. The molecule has 0 aliphatic heterocycles. The molecule has 1 aromatic carbocycles. The van der Waals surface area contributed by atoms with Gasteiger partial charge < -0.3 is 0 Å². The van der Waals surface area contributed by atoms with Crippen molar-refractivity contribution in [1.82, 2.24) is 0 Å². The summed E-state index contributed by atoms with van der Waals surface area (Å²) < 4.78 is 0. The number of benzene rings is 1. The van der Waals surface area contributed by atoms with Gasteiger partial charge in [0.1, 0.15) is 0 Å². The molecule has 1 heteroatoms. The van der Waals surface area contributed by atoms with Gasteiger partial charge in [0, 0.05) is 5.02 Å². The fourth-order valence-corrected chi connectivity index (χ4v) is 0.610. The smallest absolute Gasteiger partial charge is 0.0406 e. The van der Waals surface area contributed by atoms with E-state index in [1.807, 2.05) is 24.3 Å². The van der Waals surface area contributed by atoms with E-state index in [0.29, 0.717) is 0 Å². The number of hydrogen-bond acceptors (Lipinski definition) is 0. The Morgan fingerprint density at radius 1 is 1.12 bits per heavy atom. The first-order chi connectivity index (χ1) is 3.79. The lowest BCUT2D eigenvalue weighted by molar-refractivity contribution is 1.61. The molecule has 0 bridgehead atoms. The first-order valence-corrected chi connectivity index (χ1v) is 2.74. The van der Waals surface area contributed by atoms with Gasteiger partial charge in [0.25, 0.3) is 0 Å². The van der Waals surface area contributed by atoms with Gasteiger partial charge in [0.2, 0.25) is 0 Å². The maximum atomic E-state index is 5.58.